The maximum absolute atomic E-state index is 12.5. The van der Waals surface area contributed by atoms with Crippen LogP contribution in [0, 0.1) is 5.92 Å². The molecule has 0 bridgehead atoms. The number of hydrogen-bond donors (Lipinski definition) is 2. The minimum Gasteiger partial charge on any atom is -0.350 e. The molecule has 2 atom stereocenters. The molecule has 21 heavy (non-hydrogen) atoms. The third-order valence-electron chi connectivity index (χ3n) is 3.75. The highest BCUT2D eigenvalue weighted by atomic mass is 19.4. The summed E-state index contributed by atoms with van der Waals surface area (Å²) in [5, 5.41) is 6.03. The summed E-state index contributed by atoms with van der Waals surface area (Å²) in [6.07, 6.45) is -2.89. The number of carbonyl (C=O) groups excluding carboxylic acids is 1. The van der Waals surface area contributed by atoms with E-state index in [1.807, 2.05) is 0 Å². The summed E-state index contributed by atoms with van der Waals surface area (Å²) in [5.74, 6) is 0.293. The van der Waals surface area contributed by atoms with E-state index in [0.29, 0.717) is 17.9 Å². The zero-order valence-corrected chi connectivity index (χ0v) is 11.8. The van der Waals surface area contributed by atoms with Crippen molar-refractivity contribution in [2.75, 3.05) is 13.1 Å². The van der Waals surface area contributed by atoms with Gasteiger partial charge < -0.3 is 10.6 Å². The fraction of sp³-hybridized carbons (Fsp3) is 0.533. The second-order valence-electron chi connectivity index (χ2n) is 5.47. The summed E-state index contributed by atoms with van der Waals surface area (Å²) < 4.78 is 37.4. The van der Waals surface area contributed by atoms with Crippen molar-refractivity contribution in [1.82, 2.24) is 10.6 Å². The van der Waals surface area contributed by atoms with E-state index in [4.69, 9.17) is 0 Å². The minimum atomic E-state index is -4.33. The van der Waals surface area contributed by atoms with Crippen LogP contribution in [0.3, 0.4) is 0 Å². The molecule has 116 valence electrons. The van der Waals surface area contributed by atoms with Gasteiger partial charge in [-0.2, -0.15) is 13.2 Å². The molecule has 1 heterocycles. The molecule has 0 aromatic heterocycles. The molecule has 1 aromatic carbocycles. The van der Waals surface area contributed by atoms with Crippen LogP contribution in [-0.4, -0.2) is 19.0 Å². The maximum atomic E-state index is 12.5. The van der Waals surface area contributed by atoms with Gasteiger partial charge in [-0.1, -0.05) is 12.1 Å². The van der Waals surface area contributed by atoms with E-state index >= 15 is 0 Å². The van der Waals surface area contributed by atoms with E-state index in [9.17, 15) is 18.0 Å². The number of halogens is 3. The second-order valence-corrected chi connectivity index (χ2v) is 5.47. The molecule has 1 amide bonds. The molecule has 3 nitrogen and oxygen atoms in total. The summed E-state index contributed by atoms with van der Waals surface area (Å²) in [4.78, 5) is 11.9. The van der Waals surface area contributed by atoms with Crippen LogP contribution >= 0.6 is 0 Å². The highest BCUT2D eigenvalue weighted by Gasteiger charge is 2.30. The number of amides is 1. The first-order chi connectivity index (χ1) is 9.86. The van der Waals surface area contributed by atoms with Gasteiger partial charge in [0.25, 0.3) is 0 Å². The molecule has 0 radical (unpaired) electrons. The summed E-state index contributed by atoms with van der Waals surface area (Å²) in [7, 11) is 0. The fourth-order valence-corrected chi connectivity index (χ4v) is 2.50. The Bertz CT molecular complexity index is 479. The molecule has 0 aliphatic carbocycles. The first kappa shape index (κ1) is 15.8. The number of hydrogen-bond acceptors (Lipinski definition) is 2. The Morgan fingerprint density at radius 1 is 1.38 bits per heavy atom. The number of alkyl halides is 3. The summed E-state index contributed by atoms with van der Waals surface area (Å²) in [5.41, 5.74) is -0.0114. The predicted octanol–water partition coefficient (Wildman–Crippen LogP) is 2.88. The van der Waals surface area contributed by atoms with Gasteiger partial charge >= 0.3 is 6.18 Å². The lowest BCUT2D eigenvalue weighted by atomic mass is 10.0. The molecule has 2 N–H and O–H groups in total. The Hall–Kier alpha value is -1.56. The molecular formula is C15H19F3N2O. The van der Waals surface area contributed by atoms with E-state index in [1.54, 1.807) is 6.92 Å². The molecule has 0 spiro atoms. The smallest absolute Gasteiger partial charge is 0.350 e. The average Bonchev–Trinajstić information content (AvgIpc) is 2.90. The van der Waals surface area contributed by atoms with Crippen LogP contribution in [0.2, 0.25) is 0 Å². The summed E-state index contributed by atoms with van der Waals surface area (Å²) in [6, 6.07) is 4.60. The van der Waals surface area contributed by atoms with E-state index in [-0.39, 0.29) is 11.9 Å². The average molecular weight is 300 g/mol. The van der Waals surface area contributed by atoms with Gasteiger partial charge in [-0.25, -0.2) is 0 Å². The number of benzene rings is 1. The van der Waals surface area contributed by atoms with Crippen molar-refractivity contribution >= 4 is 5.91 Å². The van der Waals surface area contributed by atoms with Gasteiger partial charge in [0, 0.05) is 6.42 Å². The van der Waals surface area contributed by atoms with Gasteiger partial charge in [0.2, 0.25) is 5.91 Å². The predicted molar refractivity (Wildman–Crippen MR) is 73.6 cm³/mol. The van der Waals surface area contributed by atoms with Crippen molar-refractivity contribution in [1.29, 1.82) is 0 Å². The van der Waals surface area contributed by atoms with Crippen LogP contribution in [0.15, 0.2) is 24.3 Å². The first-order valence-corrected chi connectivity index (χ1v) is 7.03. The Balaban J connectivity index is 1.90. The van der Waals surface area contributed by atoms with Crippen molar-refractivity contribution in [2.24, 2.45) is 5.92 Å². The van der Waals surface area contributed by atoms with Crippen LogP contribution in [0.1, 0.15) is 36.9 Å². The number of rotatable bonds is 4. The number of carbonyl (C=O) groups is 1. The van der Waals surface area contributed by atoms with Crippen molar-refractivity contribution in [2.45, 2.75) is 32.0 Å². The minimum absolute atomic E-state index is 0.0592. The molecule has 0 saturated carbocycles. The standard InChI is InChI=1S/C15H19F3N2O/c1-10(20-14(21)8-11-6-7-19-9-11)12-2-4-13(5-3-12)15(16,17)18/h2-5,10-11,19H,6-9H2,1H3,(H,20,21). The quantitative estimate of drug-likeness (QED) is 0.897. The van der Waals surface area contributed by atoms with Gasteiger partial charge in [-0.05, 0) is 50.0 Å². The Labute approximate surface area is 121 Å². The maximum Gasteiger partial charge on any atom is 0.416 e. The van der Waals surface area contributed by atoms with E-state index in [2.05, 4.69) is 10.6 Å². The highest BCUT2D eigenvalue weighted by molar-refractivity contribution is 5.76. The Morgan fingerprint density at radius 3 is 2.57 bits per heavy atom. The normalized spacial score (nSPS) is 20.3. The molecule has 1 aromatic rings. The summed E-state index contributed by atoms with van der Waals surface area (Å²) in [6.45, 7) is 3.56. The van der Waals surface area contributed by atoms with Gasteiger partial charge in [0.15, 0.2) is 0 Å². The molecule has 1 aliphatic heterocycles. The van der Waals surface area contributed by atoms with Gasteiger partial charge in [0.05, 0.1) is 11.6 Å². The van der Waals surface area contributed by atoms with Crippen molar-refractivity contribution in [3.8, 4) is 0 Å². The zero-order valence-electron chi connectivity index (χ0n) is 11.8. The molecule has 2 unspecified atom stereocenters. The van der Waals surface area contributed by atoms with Crippen LogP contribution in [-0.2, 0) is 11.0 Å². The third kappa shape index (κ3) is 4.46. The van der Waals surface area contributed by atoms with Crippen molar-refractivity contribution < 1.29 is 18.0 Å². The Kier molecular flexibility index (Phi) is 4.88. The van der Waals surface area contributed by atoms with Crippen LogP contribution in [0.4, 0.5) is 13.2 Å². The fourth-order valence-electron chi connectivity index (χ4n) is 2.50. The van der Waals surface area contributed by atoms with Crippen LogP contribution in [0.25, 0.3) is 0 Å². The molecule has 1 aliphatic rings. The topological polar surface area (TPSA) is 41.1 Å². The lowest BCUT2D eigenvalue weighted by molar-refractivity contribution is -0.137. The lowest BCUT2D eigenvalue weighted by Gasteiger charge is -2.16. The monoisotopic (exact) mass is 300 g/mol. The molecular weight excluding hydrogens is 281 g/mol. The van der Waals surface area contributed by atoms with Crippen LogP contribution < -0.4 is 10.6 Å². The van der Waals surface area contributed by atoms with E-state index in [0.717, 1.165) is 31.6 Å². The van der Waals surface area contributed by atoms with Gasteiger partial charge in [-0.3, -0.25) is 4.79 Å². The lowest BCUT2D eigenvalue weighted by Crippen LogP contribution is -2.28. The molecule has 2 rings (SSSR count). The largest absolute Gasteiger partial charge is 0.416 e. The zero-order chi connectivity index (χ0) is 15.5. The second kappa shape index (κ2) is 6.47. The SMILES string of the molecule is CC(NC(=O)CC1CCNC1)c1ccc(C(F)(F)F)cc1. The van der Waals surface area contributed by atoms with Crippen molar-refractivity contribution in [3.05, 3.63) is 35.4 Å². The van der Waals surface area contributed by atoms with E-state index < -0.39 is 11.7 Å². The first-order valence-electron chi connectivity index (χ1n) is 7.03. The summed E-state index contributed by atoms with van der Waals surface area (Å²) >= 11 is 0. The molecule has 6 heteroatoms. The van der Waals surface area contributed by atoms with Gasteiger partial charge in [0.1, 0.15) is 0 Å². The highest BCUT2D eigenvalue weighted by Crippen LogP contribution is 2.29. The molecule has 1 fully saturated rings. The third-order valence-corrected chi connectivity index (χ3v) is 3.75. The molecule has 1 saturated heterocycles. The Morgan fingerprint density at radius 2 is 2.05 bits per heavy atom. The van der Waals surface area contributed by atoms with Crippen LogP contribution in [0.5, 0.6) is 0 Å². The van der Waals surface area contributed by atoms with E-state index in [1.165, 1.54) is 12.1 Å². The van der Waals surface area contributed by atoms with Gasteiger partial charge in [-0.15, -0.1) is 0 Å². The number of nitrogens with one attached hydrogen (secondary N) is 2. The van der Waals surface area contributed by atoms with Crippen molar-refractivity contribution in [3.63, 3.8) is 0 Å².